The highest BCUT2D eigenvalue weighted by Crippen LogP contribution is 2.40. The zero-order chi connectivity index (χ0) is 18.0. The number of carbonyl (C=O) groups excluding carboxylic acids is 1. The minimum absolute atomic E-state index is 0.0568. The van der Waals surface area contributed by atoms with E-state index in [2.05, 4.69) is 5.10 Å². The standard InChI is InChI=1S/C15H17F3N2O4/c1-3-10-8-14(22,15(16,17)18)20(19-10)13(21)9-24-12-7-5-4-6-11(12)23-2/h4-7,22H,3,8-9H2,1-2H3/t14-/m1/s1. The van der Waals surface area contributed by atoms with E-state index in [1.165, 1.54) is 13.2 Å². The first kappa shape index (κ1) is 18.1. The SMILES string of the molecule is CCC1=NN(C(=O)COc2ccccc2OC)[C@](O)(C(F)(F)F)C1. The van der Waals surface area contributed by atoms with Crippen LogP contribution in [0, 0.1) is 0 Å². The van der Waals surface area contributed by atoms with Gasteiger partial charge in [0.2, 0.25) is 0 Å². The summed E-state index contributed by atoms with van der Waals surface area (Å²) in [6.45, 7) is 0.869. The zero-order valence-electron chi connectivity index (χ0n) is 13.1. The van der Waals surface area contributed by atoms with Gasteiger partial charge in [-0.15, -0.1) is 0 Å². The quantitative estimate of drug-likeness (QED) is 0.888. The summed E-state index contributed by atoms with van der Waals surface area (Å²) in [5.74, 6) is -0.581. The van der Waals surface area contributed by atoms with Crippen LogP contribution in [0.15, 0.2) is 29.4 Å². The van der Waals surface area contributed by atoms with Crippen LogP contribution in [0.25, 0.3) is 0 Å². The summed E-state index contributed by atoms with van der Waals surface area (Å²) in [7, 11) is 1.39. The summed E-state index contributed by atoms with van der Waals surface area (Å²) < 4.78 is 49.7. The number of halogens is 3. The lowest BCUT2D eigenvalue weighted by Crippen LogP contribution is -2.57. The van der Waals surface area contributed by atoms with Gasteiger partial charge in [-0.2, -0.15) is 23.3 Å². The van der Waals surface area contributed by atoms with E-state index in [1.54, 1.807) is 25.1 Å². The lowest BCUT2D eigenvalue weighted by molar-refractivity contribution is -0.302. The minimum atomic E-state index is -5.03. The number of hydrazone groups is 1. The summed E-state index contributed by atoms with van der Waals surface area (Å²) in [5, 5.41) is 13.6. The van der Waals surface area contributed by atoms with Crippen molar-refractivity contribution in [2.45, 2.75) is 31.7 Å². The molecule has 0 bridgehead atoms. The van der Waals surface area contributed by atoms with E-state index in [0.717, 1.165) is 0 Å². The summed E-state index contributed by atoms with van der Waals surface area (Å²) in [5.41, 5.74) is -3.26. The van der Waals surface area contributed by atoms with Gasteiger partial charge in [0, 0.05) is 12.1 Å². The Morgan fingerprint density at radius 2 is 2.00 bits per heavy atom. The van der Waals surface area contributed by atoms with Gasteiger partial charge in [0.15, 0.2) is 18.1 Å². The van der Waals surface area contributed by atoms with Crippen LogP contribution in [0.5, 0.6) is 11.5 Å². The predicted molar refractivity (Wildman–Crippen MR) is 78.7 cm³/mol. The lowest BCUT2D eigenvalue weighted by atomic mass is 10.1. The summed E-state index contributed by atoms with van der Waals surface area (Å²) >= 11 is 0. The molecule has 1 atom stereocenters. The fourth-order valence-electron chi connectivity index (χ4n) is 2.24. The molecule has 0 spiro atoms. The smallest absolute Gasteiger partial charge is 0.438 e. The number of nitrogens with zero attached hydrogens (tertiary/aromatic N) is 2. The molecule has 2 rings (SSSR count). The lowest BCUT2D eigenvalue weighted by Gasteiger charge is -2.32. The topological polar surface area (TPSA) is 71.4 Å². The first-order chi connectivity index (χ1) is 11.2. The number of benzene rings is 1. The number of alkyl halides is 3. The Kier molecular flexibility index (Phi) is 5.02. The number of carbonyl (C=O) groups is 1. The highest BCUT2D eigenvalue weighted by atomic mass is 19.4. The van der Waals surface area contributed by atoms with E-state index >= 15 is 0 Å². The molecule has 1 aromatic rings. The van der Waals surface area contributed by atoms with Crippen molar-refractivity contribution in [3.63, 3.8) is 0 Å². The third kappa shape index (κ3) is 3.30. The average molecular weight is 346 g/mol. The number of methoxy groups -OCH3 is 1. The predicted octanol–water partition coefficient (Wildman–Crippen LogP) is 2.32. The number of hydrogen-bond acceptors (Lipinski definition) is 5. The molecule has 1 N–H and O–H groups in total. The zero-order valence-corrected chi connectivity index (χ0v) is 13.1. The van der Waals surface area contributed by atoms with E-state index in [-0.39, 0.29) is 22.9 Å². The summed E-state index contributed by atoms with van der Waals surface area (Å²) in [6, 6.07) is 6.38. The molecule has 0 unspecified atom stereocenters. The van der Waals surface area contributed by atoms with Crippen molar-refractivity contribution in [2.75, 3.05) is 13.7 Å². The second-order valence-electron chi connectivity index (χ2n) is 5.16. The molecule has 0 saturated heterocycles. The van der Waals surface area contributed by atoms with Crippen LogP contribution in [-0.2, 0) is 4.79 Å². The number of aliphatic hydroxyl groups is 1. The summed E-state index contributed by atoms with van der Waals surface area (Å²) in [6.07, 6.45) is -5.61. The number of amides is 1. The van der Waals surface area contributed by atoms with Crippen molar-refractivity contribution in [2.24, 2.45) is 5.10 Å². The third-order valence-corrected chi connectivity index (χ3v) is 3.56. The fraction of sp³-hybridized carbons (Fsp3) is 0.467. The molecule has 0 fully saturated rings. The van der Waals surface area contributed by atoms with Crippen LogP contribution < -0.4 is 9.47 Å². The van der Waals surface area contributed by atoms with Crippen molar-refractivity contribution >= 4 is 11.6 Å². The molecule has 9 heteroatoms. The molecular formula is C15H17F3N2O4. The molecule has 0 saturated carbocycles. The maximum absolute atomic E-state index is 13.2. The molecular weight excluding hydrogens is 329 g/mol. The molecule has 0 aliphatic carbocycles. The van der Waals surface area contributed by atoms with Gasteiger partial charge in [-0.25, -0.2) is 0 Å². The molecule has 0 aromatic heterocycles. The molecule has 132 valence electrons. The highest BCUT2D eigenvalue weighted by molar-refractivity contribution is 5.91. The van der Waals surface area contributed by atoms with Crippen LogP contribution >= 0.6 is 0 Å². The number of hydrogen-bond donors (Lipinski definition) is 1. The highest BCUT2D eigenvalue weighted by Gasteiger charge is 2.62. The molecule has 1 aromatic carbocycles. The van der Waals surface area contributed by atoms with Crippen LogP contribution in [0.3, 0.4) is 0 Å². The van der Waals surface area contributed by atoms with Crippen LogP contribution in [-0.4, -0.2) is 47.4 Å². The maximum Gasteiger partial charge on any atom is 0.438 e. The van der Waals surface area contributed by atoms with Gasteiger partial charge in [-0.3, -0.25) is 4.79 Å². The van der Waals surface area contributed by atoms with Gasteiger partial charge in [0.05, 0.1) is 7.11 Å². The molecule has 0 radical (unpaired) electrons. The van der Waals surface area contributed by atoms with Gasteiger partial charge >= 0.3 is 6.18 Å². The average Bonchev–Trinajstić information content (AvgIpc) is 2.91. The Morgan fingerprint density at radius 3 is 2.54 bits per heavy atom. The Labute approximate surface area is 136 Å². The van der Waals surface area contributed by atoms with Crippen LogP contribution in [0.4, 0.5) is 13.2 Å². The van der Waals surface area contributed by atoms with Gasteiger partial charge in [-0.05, 0) is 18.6 Å². The van der Waals surface area contributed by atoms with Crippen molar-refractivity contribution in [1.29, 1.82) is 0 Å². The second-order valence-corrected chi connectivity index (χ2v) is 5.16. The van der Waals surface area contributed by atoms with Crippen LogP contribution in [0.2, 0.25) is 0 Å². The first-order valence-electron chi connectivity index (χ1n) is 7.17. The number of rotatable bonds is 5. The van der Waals surface area contributed by atoms with Crippen molar-refractivity contribution in [1.82, 2.24) is 5.01 Å². The number of para-hydroxylation sites is 2. The van der Waals surface area contributed by atoms with Crippen LogP contribution in [0.1, 0.15) is 19.8 Å². The fourth-order valence-corrected chi connectivity index (χ4v) is 2.24. The Morgan fingerprint density at radius 1 is 1.38 bits per heavy atom. The van der Waals surface area contributed by atoms with Crippen molar-refractivity contribution < 1.29 is 32.5 Å². The van der Waals surface area contributed by atoms with Gasteiger partial charge in [0.25, 0.3) is 11.6 Å². The molecule has 1 heterocycles. The van der Waals surface area contributed by atoms with Gasteiger partial charge in [-0.1, -0.05) is 19.1 Å². The second kappa shape index (κ2) is 6.68. The Balaban J connectivity index is 2.16. The van der Waals surface area contributed by atoms with E-state index in [1.807, 2.05) is 0 Å². The van der Waals surface area contributed by atoms with E-state index in [9.17, 15) is 23.1 Å². The normalized spacial score (nSPS) is 20.8. The minimum Gasteiger partial charge on any atom is -0.493 e. The van der Waals surface area contributed by atoms with E-state index in [0.29, 0.717) is 5.75 Å². The Bertz CT molecular complexity index is 648. The molecule has 1 aliphatic rings. The maximum atomic E-state index is 13.2. The van der Waals surface area contributed by atoms with E-state index < -0.39 is 30.8 Å². The third-order valence-electron chi connectivity index (χ3n) is 3.56. The first-order valence-corrected chi connectivity index (χ1v) is 7.17. The van der Waals surface area contributed by atoms with Crippen molar-refractivity contribution in [3.8, 4) is 11.5 Å². The van der Waals surface area contributed by atoms with E-state index in [4.69, 9.17) is 9.47 Å². The molecule has 24 heavy (non-hydrogen) atoms. The largest absolute Gasteiger partial charge is 0.493 e. The molecule has 1 amide bonds. The van der Waals surface area contributed by atoms with Gasteiger partial charge in [0.1, 0.15) is 0 Å². The number of ether oxygens (including phenoxy) is 2. The summed E-state index contributed by atoms with van der Waals surface area (Å²) in [4.78, 5) is 12.1. The van der Waals surface area contributed by atoms with Gasteiger partial charge < -0.3 is 14.6 Å². The molecule has 6 nitrogen and oxygen atoms in total. The molecule has 1 aliphatic heterocycles. The van der Waals surface area contributed by atoms with Crippen molar-refractivity contribution in [3.05, 3.63) is 24.3 Å². The Hall–Kier alpha value is -2.29. The monoisotopic (exact) mass is 346 g/mol.